The summed E-state index contributed by atoms with van der Waals surface area (Å²) in [7, 11) is 0. The zero-order chi connectivity index (χ0) is 40.2. The molecule has 3 rings (SSSR count). The quantitative estimate of drug-likeness (QED) is 0.0747. The molecule has 2 unspecified atom stereocenters. The maximum absolute atomic E-state index is 14.3. The molecule has 0 heterocycles. The van der Waals surface area contributed by atoms with E-state index in [0.717, 1.165) is 6.42 Å². The van der Waals surface area contributed by atoms with Crippen molar-refractivity contribution in [3.8, 4) is 17.2 Å². The first-order chi connectivity index (χ1) is 23.6. The van der Waals surface area contributed by atoms with Gasteiger partial charge in [0.15, 0.2) is 28.9 Å². The predicted molar refractivity (Wildman–Crippen MR) is 199 cm³/mol. The molecule has 5 N–H and O–H groups in total. The summed E-state index contributed by atoms with van der Waals surface area (Å²) in [5.41, 5.74) is -7.82. The maximum Gasteiger partial charge on any atom is 0.175 e. The van der Waals surface area contributed by atoms with Crippen molar-refractivity contribution in [3.05, 3.63) is 39.4 Å². The minimum absolute atomic E-state index is 0.0522. The topological polar surface area (TPSA) is 186 Å². The zero-order valence-electron chi connectivity index (χ0n) is 33.3. The molecule has 10 nitrogen and oxygen atoms in total. The lowest BCUT2D eigenvalue weighted by atomic mass is 9.59. The van der Waals surface area contributed by atoms with Gasteiger partial charge in [-0.15, -0.1) is 0 Å². The van der Waals surface area contributed by atoms with Crippen LogP contribution in [0.3, 0.4) is 0 Å². The second kappa shape index (κ2) is 14.5. The van der Waals surface area contributed by atoms with Crippen molar-refractivity contribution in [1.82, 2.24) is 0 Å². The van der Waals surface area contributed by atoms with Gasteiger partial charge in [0.05, 0.1) is 21.7 Å². The summed E-state index contributed by atoms with van der Waals surface area (Å²) in [5, 5.41) is 60.1. The van der Waals surface area contributed by atoms with Crippen LogP contribution in [0.5, 0.6) is 17.2 Å². The molecule has 1 aromatic rings. The number of allylic oxidation sites excluding steroid dienone is 4. The molecular formula is C42H60O10. The summed E-state index contributed by atoms with van der Waals surface area (Å²) < 4.78 is 0. The van der Waals surface area contributed by atoms with Gasteiger partial charge >= 0.3 is 0 Å². The Morgan fingerprint density at radius 1 is 0.558 bits per heavy atom. The van der Waals surface area contributed by atoms with Gasteiger partial charge in [-0.25, -0.2) is 0 Å². The predicted octanol–water partition coefficient (Wildman–Crippen LogP) is 8.86. The molecule has 0 saturated carbocycles. The van der Waals surface area contributed by atoms with Crippen molar-refractivity contribution in [3.63, 3.8) is 0 Å². The number of aliphatic hydroxyl groups excluding tert-OH is 2. The molecule has 1 aromatic carbocycles. The van der Waals surface area contributed by atoms with E-state index >= 15 is 0 Å². The van der Waals surface area contributed by atoms with Gasteiger partial charge in [-0.3, -0.25) is 24.0 Å². The third-order valence-corrected chi connectivity index (χ3v) is 11.2. The van der Waals surface area contributed by atoms with Crippen LogP contribution < -0.4 is 0 Å². The standard InChI is InChI=1S/C42H60O10/c1-14-15-16-17-24(43)29-31(45)25(22(18-20(2)3)27-33(47)39(6,7)37(51)40(8,9)34(27)48)30(44)26(32(29)46)23(19-21(4)5)28-35(49)41(10,11)38(52)42(12,13)36(28)50/h20-23,44-47,49H,14-19H2,1-13H3. The van der Waals surface area contributed by atoms with E-state index in [1.807, 2.05) is 34.6 Å². The number of phenols is 3. The van der Waals surface area contributed by atoms with Crippen LogP contribution in [0.25, 0.3) is 0 Å². The van der Waals surface area contributed by atoms with Crippen LogP contribution in [-0.2, 0) is 19.2 Å². The summed E-state index contributed by atoms with van der Waals surface area (Å²) >= 11 is 0. The van der Waals surface area contributed by atoms with Crippen molar-refractivity contribution in [1.29, 1.82) is 0 Å². The van der Waals surface area contributed by atoms with E-state index in [9.17, 15) is 49.5 Å². The number of benzene rings is 1. The Bertz CT molecular complexity index is 1630. The van der Waals surface area contributed by atoms with Crippen LogP contribution in [0.2, 0.25) is 0 Å². The summed E-state index contributed by atoms with van der Waals surface area (Å²) in [5.74, 6) is -9.46. The lowest BCUT2D eigenvalue weighted by Gasteiger charge is -2.42. The Morgan fingerprint density at radius 2 is 0.904 bits per heavy atom. The van der Waals surface area contributed by atoms with Crippen LogP contribution >= 0.6 is 0 Å². The number of phenolic OH excluding ortho intramolecular Hbond substituents is 3. The SMILES string of the molecule is CCCCCC(=O)c1c(O)c(C(CC(C)C)C2=C(O)C(C)(C)C(=O)C(C)(C)C2=O)c(O)c(C(CC(C)C)C2=C(O)C(C)(C)C(=O)C(C)(C)C2=O)c1O. The van der Waals surface area contributed by atoms with E-state index in [1.54, 1.807) is 0 Å². The lowest BCUT2D eigenvalue weighted by molar-refractivity contribution is -0.146. The first-order valence-electron chi connectivity index (χ1n) is 18.5. The summed E-state index contributed by atoms with van der Waals surface area (Å²) in [6, 6.07) is 0. The third-order valence-electron chi connectivity index (χ3n) is 11.2. The number of rotatable bonds is 13. The Kier molecular flexibility index (Phi) is 11.8. The van der Waals surface area contributed by atoms with E-state index in [4.69, 9.17) is 0 Å². The fourth-order valence-electron chi connectivity index (χ4n) is 8.23. The molecule has 0 bridgehead atoms. The van der Waals surface area contributed by atoms with E-state index in [0.29, 0.717) is 12.8 Å². The minimum Gasteiger partial charge on any atom is -0.511 e. The van der Waals surface area contributed by atoms with Crippen LogP contribution in [0, 0.1) is 33.5 Å². The van der Waals surface area contributed by atoms with E-state index < -0.39 is 96.7 Å². The number of ketones is 5. The van der Waals surface area contributed by atoms with Crippen LogP contribution in [0.4, 0.5) is 0 Å². The summed E-state index contributed by atoms with van der Waals surface area (Å²) in [6.07, 6.45) is 1.91. The van der Waals surface area contributed by atoms with Gasteiger partial charge in [-0.1, -0.05) is 47.5 Å². The number of unbranched alkanes of at least 4 members (excludes halogenated alkanes) is 2. The number of aromatic hydroxyl groups is 3. The fraction of sp³-hybridized carbons (Fsp3) is 0.643. The highest BCUT2D eigenvalue weighted by molar-refractivity contribution is 6.20. The number of carbonyl (C=O) groups is 5. The van der Waals surface area contributed by atoms with Crippen molar-refractivity contribution in [2.75, 3.05) is 0 Å². The third kappa shape index (κ3) is 6.82. The Balaban J connectivity index is 2.66. The highest BCUT2D eigenvalue weighted by atomic mass is 16.3. The molecule has 0 radical (unpaired) electrons. The van der Waals surface area contributed by atoms with Gasteiger partial charge in [-0.2, -0.15) is 0 Å². The van der Waals surface area contributed by atoms with Crippen molar-refractivity contribution >= 4 is 28.9 Å². The van der Waals surface area contributed by atoms with E-state index in [1.165, 1.54) is 55.4 Å². The smallest absolute Gasteiger partial charge is 0.175 e. The van der Waals surface area contributed by atoms with E-state index in [2.05, 4.69) is 0 Å². The molecule has 2 aliphatic carbocycles. The van der Waals surface area contributed by atoms with Crippen molar-refractivity contribution < 1.29 is 49.5 Å². The Labute approximate surface area is 308 Å². The average molecular weight is 725 g/mol. The molecule has 10 heteroatoms. The number of aliphatic hydroxyl groups is 2. The first kappa shape index (κ1) is 42.5. The second-order valence-electron chi connectivity index (χ2n) is 17.8. The number of hydrogen-bond acceptors (Lipinski definition) is 10. The molecule has 0 spiro atoms. The monoisotopic (exact) mass is 724 g/mol. The van der Waals surface area contributed by atoms with Crippen LogP contribution in [-0.4, -0.2) is 54.4 Å². The van der Waals surface area contributed by atoms with Crippen molar-refractivity contribution in [2.45, 2.75) is 140 Å². The van der Waals surface area contributed by atoms with Gasteiger partial charge in [0.25, 0.3) is 0 Å². The van der Waals surface area contributed by atoms with Crippen LogP contribution in [0.15, 0.2) is 22.7 Å². The zero-order valence-corrected chi connectivity index (χ0v) is 33.3. The minimum atomic E-state index is -1.60. The van der Waals surface area contributed by atoms with E-state index in [-0.39, 0.29) is 53.4 Å². The number of Topliss-reactive ketones (excluding diaryl/α,β-unsaturated/α-hetero) is 5. The van der Waals surface area contributed by atoms with Gasteiger partial charge in [0, 0.05) is 40.5 Å². The highest BCUT2D eigenvalue weighted by Crippen LogP contribution is 2.58. The lowest BCUT2D eigenvalue weighted by Crippen LogP contribution is -2.50. The van der Waals surface area contributed by atoms with Gasteiger partial charge in [0.2, 0.25) is 0 Å². The highest BCUT2D eigenvalue weighted by Gasteiger charge is 2.57. The molecule has 2 aliphatic rings. The fourth-order valence-corrected chi connectivity index (χ4v) is 8.23. The molecule has 0 amide bonds. The molecule has 52 heavy (non-hydrogen) atoms. The number of hydrogen-bond donors (Lipinski definition) is 5. The molecular weight excluding hydrogens is 664 g/mol. The molecule has 2 atom stereocenters. The normalized spacial score (nSPS) is 21.0. The Hall–Kier alpha value is -3.95. The first-order valence-corrected chi connectivity index (χ1v) is 18.5. The molecule has 0 saturated heterocycles. The van der Waals surface area contributed by atoms with Gasteiger partial charge in [0.1, 0.15) is 34.3 Å². The maximum atomic E-state index is 14.3. The number of carbonyl (C=O) groups excluding carboxylic acids is 5. The van der Waals surface area contributed by atoms with Gasteiger partial charge < -0.3 is 25.5 Å². The van der Waals surface area contributed by atoms with Crippen molar-refractivity contribution in [2.24, 2.45) is 33.5 Å². The molecule has 288 valence electrons. The summed E-state index contributed by atoms with van der Waals surface area (Å²) in [4.78, 5) is 69.6. The molecule has 0 aromatic heterocycles. The van der Waals surface area contributed by atoms with Gasteiger partial charge in [-0.05, 0) is 86.5 Å². The average Bonchev–Trinajstić information content (AvgIpc) is 3.02. The molecule has 0 aliphatic heterocycles. The largest absolute Gasteiger partial charge is 0.511 e. The second-order valence-corrected chi connectivity index (χ2v) is 17.8. The molecule has 0 fully saturated rings. The Morgan fingerprint density at radius 3 is 1.21 bits per heavy atom. The van der Waals surface area contributed by atoms with Crippen LogP contribution in [0.1, 0.15) is 162 Å². The summed E-state index contributed by atoms with van der Waals surface area (Å²) in [6.45, 7) is 21.1.